The number of nitrogens with one attached hydrogen (secondary N) is 1. The van der Waals surface area contributed by atoms with Crippen molar-refractivity contribution in [3.05, 3.63) is 12.2 Å². The Bertz CT molecular complexity index is 385. The summed E-state index contributed by atoms with van der Waals surface area (Å²) in [6.07, 6.45) is 6.26. The molecular formula is C12H20N4O2. The number of aromatic nitrogens is 3. The molecule has 1 saturated carbocycles. The van der Waals surface area contributed by atoms with E-state index >= 15 is 0 Å². The van der Waals surface area contributed by atoms with Crippen molar-refractivity contribution in [3.63, 3.8) is 0 Å². The van der Waals surface area contributed by atoms with Crippen molar-refractivity contribution in [1.29, 1.82) is 0 Å². The summed E-state index contributed by atoms with van der Waals surface area (Å²) in [5.41, 5.74) is -0.801. The zero-order valence-electron chi connectivity index (χ0n) is 10.7. The standard InChI is InChI=1S/C12H20N4O2/c1-16(8-10-13-9-14-15-10)11(17)7-12(18)5-3-2-4-6-12/h9,18H,2-8H2,1H3,(H,13,14,15). The van der Waals surface area contributed by atoms with Crippen molar-refractivity contribution >= 4 is 5.91 Å². The lowest BCUT2D eigenvalue weighted by Gasteiger charge is -2.32. The molecule has 1 amide bonds. The molecule has 100 valence electrons. The second kappa shape index (κ2) is 5.48. The number of hydrogen-bond donors (Lipinski definition) is 2. The van der Waals surface area contributed by atoms with Crippen LogP contribution in [0, 0.1) is 0 Å². The van der Waals surface area contributed by atoms with Gasteiger partial charge in [-0.15, -0.1) is 0 Å². The number of hydrogen-bond acceptors (Lipinski definition) is 4. The monoisotopic (exact) mass is 252 g/mol. The van der Waals surface area contributed by atoms with E-state index in [0.29, 0.717) is 12.4 Å². The zero-order chi connectivity index (χ0) is 13.0. The van der Waals surface area contributed by atoms with E-state index in [9.17, 15) is 9.90 Å². The molecule has 1 aromatic heterocycles. The Morgan fingerprint density at radius 2 is 2.22 bits per heavy atom. The fourth-order valence-corrected chi connectivity index (χ4v) is 2.42. The molecule has 0 unspecified atom stereocenters. The average Bonchev–Trinajstić information content (AvgIpc) is 2.82. The minimum absolute atomic E-state index is 0.0456. The summed E-state index contributed by atoms with van der Waals surface area (Å²) in [5, 5.41) is 16.8. The third-order valence-electron chi connectivity index (χ3n) is 3.54. The summed E-state index contributed by atoms with van der Waals surface area (Å²) < 4.78 is 0. The molecule has 6 nitrogen and oxygen atoms in total. The SMILES string of the molecule is CN(Cc1ncn[nH]1)C(=O)CC1(O)CCCCC1. The van der Waals surface area contributed by atoms with Gasteiger partial charge in [-0.1, -0.05) is 19.3 Å². The van der Waals surface area contributed by atoms with Crippen LogP contribution < -0.4 is 0 Å². The fourth-order valence-electron chi connectivity index (χ4n) is 2.42. The second-order valence-corrected chi connectivity index (χ2v) is 5.14. The van der Waals surface area contributed by atoms with E-state index in [1.54, 1.807) is 11.9 Å². The normalized spacial score (nSPS) is 18.6. The largest absolute Gasteiger partial charge is 0.389 e. The number of nitrogens with zero attached hydrogens (tertiary/aromatic N) is 3. The maximum absolute atomic E-state index is 12.0. The van der Waals surface area contributed by atoms with Crippen LogP contribution in [0.15, 0.2) is 6.33 Å². The molecule has 1 aromatic rings. The maximum Gasteiger partial charge on any atom is 0.225 e. The highest BCUT2D eigenvalue weighted by Gasteiger charge is 2.32. The quantitative estimate of drug-likeness (QED) is 0.832. The second-order valence-electron chi connectivity index (χ2n) is 5.14. The molecule has 0 radical (unpaired) electrons. The van der Waals surface area contributed by atoms with E-state index in [2.05, 4.69) is 15.2 Å². The first-order chi connectivity index (χ1) is 8.59. The number of H-pyrrole nitrogens is 1. The van der Waals surface area contributed by atoms with Crippen LogP contribution in [-0.2, 0) is 11.3 Å². The van der Waals surface area contributed by atoms with Crippen LogP contribution in [-0.4, -0.2) is 43.7 Å². The van der Waals surface area contributed by atoms with Gasteiger partial charge < -0.3 is 10.0 Å². The van der Waals surface area contributed by atoms with Crippen molar-refractivity contribution in [3.8, 4) is 0 Å². The summed E-state index contributed by atoms with van der Waals surface area (Å²) in [6, 6.07) is 0. The Morgan fingerprint density at radius 1 is 1.50 bits per heavy atom. The van der Waals surface area contributed by atoms with Gasteiger partial charge in [0.1, 0.15) is 12.2 Å². The van der Waals surface area contributed by atoms with Gasteiger partial charge in [0.2, 0.25) is 5.91 Å². The number of carbonyl (C=O) groups excluding carboxylic acids is 1. The summed E-state index contributed by atoms with van der Waals surface area (Å²) in [4.78, 5) is 17.6. The van der Waals surface area contributed by atoms with Crippen LogP contribution in [0.1, 0.15) is 44.3 Å². The van der Waals surface area contributed by atoms with Gasteiger partial charge in [0.25, 0.3) is 0 Å². The Morgan fingerprint density at radius 3 is 2.83 bits per heavy atom. The minimum Gasteiger partial charge on any atom is -0.389 e. The van der Waals surface area contributed by atoms with Crippen molar-refractivity contribution < 1.29 is 9.90 Å². The summed E-state index contributed by atoms with van der Waals surface area (Å²) in [6.45, 7) is 0.398. The molecule has 0 aromatic carbocycles. The Hall–Kier alpha value is -1.43. The Labute approximate surface area is 106 Å². The molecule has 6 heteroatoms. The Kier molecular flexibility index (Phi) is 3.96. The predicted octanol–water partition coefficient (Wildman–Crippen LogP) is 0.848. The lowest BCUT2D eigenvalue weighted by molar-refractivity contribution is -0.137. The van der Waals surface area contributed by atoms with Gasteiger partial charge in [0.15, 0.2) is 0 Å². The van der Waals surface area contributed by atoms with Crippen LogP contribution in [0.5, 0.6) is 0 Å². The predicted molar refractivity (Wildman–Crippen MR) is 65.5 cm³/mol. The van der Waals surface area contributed by atoms with E-state index in [4.69, 9.17) is 0 Å². The lowest BCUT2D eigenvalue weighted by atomic mass is 9.82. The molecule has 1 aliphatic rings. The summed E-state index contributed by atoms with van der Waals surface area (Å²) >= 11 is 0. The molecule has 2 N–H and O–H groups in total. The molecule has 0 aliphatic heterocycles. The topological polar surface area (TPSA) is 82.1 Å². The highest BCUT2D eigenvalue weighted by Crippen LogP contribution is 2.31. The number of carbonyl (C=O) groups is 1. The van der Waals surface area contributed by atoms with Crippen molar-refractivity contribution in [1.82, 2.24) is 20.1 Å². The summed E-state index contributed by atoms with van der Waals surface area (Å²) in [5.74, 6) is 0.609. The van der Waals surface area contributed by atoms with E-state index in [0.717, 1.165) is 32.1 Å². The van der Waals surface area contributed by atoms with Gasteiger partial charge in [-0.25, -0.2) is 4.98 Å². The minimum atomic E-state index is -0.801. The third-order valence-corrected chi connectivity index (χ3v) is 3.54. The van der Waals surface area contributed by atoms with Crippen LogP contribution in [0.25, 0.3) is 0 Å². The lowest BCUT2D eigenvalue weighted by Crippen LogP contribution is -2.39. The molecule has 0 saturated heterocycles. The van der Waals surface area contributed by atoms with Crippen molar-refractivity contribution in [2.75, 3.05) is 7.05 Å². The molecule has 2 rings (SSSR count). The number of aliphatic hydroxyl groups is 1. The zero-order valence-corrected chi connectivity index (χ0v) is 10.7. The molecule has 0 spiro atoms. The smallest absolute Gasteiger partial charge is 0.225 e. The van der Waals surface area contributed by atoms with Gasteiger partial charge in [0.05, 0.1) is 18.6 Å². The third kappa shape index (κ3) is 3.29. The highest BCUT2D eigenvalue weighted by atomic mass is 16.3. The number of amides is 1. The van der Waals surface area contributed by atoms with E-state index in [1.165, 1.54) is 6.33 Å². The molecule has 18 heavy (non-hydrogen) atoms. The fraction of sp³-hybridized carbons (Fsp3) is 0.750. The van der Waals surface area contributed by atoms with Gasteiger partial charge in [-0.3, -0.25) is 9.89 Å². The van der Waals surface area contributed by atoms with Crippen LogP contribution >= 0.6 is 0 Å². The highest BCUT2D eigenvalue weighted by molar-refractivity contribution is 5.76. The number of aromatic amines is 1. The molecule has 1 fully saturated rings. The Balaban J connectivity index is 1.86. The molecular weight excluding hydrogens is 232 g/mol. The van der Waals surface area contributed by atoms with Gasteiger partial charge in [0, 0.05) is 7.05 Å². The van der Waals surface area contributed by atoms with Crippen LogP contribution in [0.3, 0.4) is 0 Å². The maximum atomic E-state index is 12.0. The van der Waals surface area contributed by atoms with Crippen LogP contribution in [0.2, 0.25) is 0 Å². The van der Waals surface area contributed by atoms with E-state index < -0.39 is 5.60 Å². The average molecular weight is 252 g/mol. The first-order valence-corrected chi connectivity index (χ1v) is 6.40. The van der Waals surface area contributed by atoms with E-state index in [-0.39, 0.29) is 12.3 Å². The number of rotatable bonds is 4. The summed E-state index contributed by atoms with van der Waals surface area (Å²) in [7, 11) is 1.72. The molecule has 0 atom stereocenters. The van der Waals surface area contributed by atoms with Gasteiger partial charge in [-0.2, -0.15) is 5.10 Å². The molecule has 1 heterocycles. The van der Waals surface area contributed by atoms with E-state index in [1.807, 2.05) is 0 Å². The van der Waals surface area contributed by atoms with Crippen molar-refractivity contribution in [2.45, 2.75) is 50.7 Å². The first-order valence-electron chi connectivity index (χ1n) is 6.40. The van der Waals surface area contributed by atoms with Crippen LogP contribution in [0.4, 0.5) is 0 Å². The molecule has 0 bridgehead atoms. The van der Waals surface area contributed by atoms with Crippen molar-refractivity contribution in [2.24, 2.45) is 0 Å². The first kappa shape index (κ1) is 13.0. The van der Waals surface area contributed by atoms with Gasteiger partial charge >= 0.3 is 0 Å². The molecule has 1 aliphatic carbocycles. The van der Waals surface area contributed by atoms with Gasteiger partial charge in [-0.05, 0) is 12.8 Å².